The van der Waals surface area contributed by atoms with Gasteiger partial charge in [0.2, 0.25) is 5.71 Å². The van der Waals surface area contributed by atoms with Gasteiger partial charge < -0.3 is 22.1 Å². The van der Waals surface area contributed by atoms with E-state index in [1.54, 1.807) is 56.7 Å². The zero-order valence-corrected chi connectivity index (χ0v) is 64.2. The average Bonchev–Trinajstić information content (AvgIpc) is 1.79. The fourth-order valence-corrected chi connectivity index (χ4v) is 16.2. The minimum Gasteiger partial charge on any atom is -0.460 e. The van der Waals surface area contributed by atoms with Gasteiger partial charge in [0.15, 0.2) is 27.5 Å². The Bertz CT molecular complexity index is 4060. The van der Waals surface area contributed by atoms with Gasteiger partial charge in [-0.25, -0.2) is 24.9 Å². The van der Waals surface area contributed by atoms with Gasteiger partial charge in [-0.1, -0.05) is 77.9 Å². The molecule has 0 amide bonds. The topological polar surface area (TPSA) is 143 Å². The number of nitrogens with zero attached hydrogens (tertiary/aromatic N) is 6. The number of fused-ring (bicyclic) bond motifs is 7. The second-order valence-corrected chi connectivity index (χ2v) is 32.1. The van der Waals surface area contributed by atoms with E-state index >= 15 is 0 Å². The van der Waals surface area contributed by atoms with Crippen molar-refractivity contribution in [2.75, 3.05) is 0 Å². The van der Waals surface area contributed by atoms with Crippen LogP contribution in [0.5, 0.6) is 0 Å². The average molecular weight is 1410 g/mol. The molecule has 0 unspecified atom stereocenters. The first-order valence-electron chi connectivity index (χ1n) is 31.2. The molecule has 14 aromatic heterocycles. The molecule has 0 radical (unpaired) electrons. The molecule has 11 nitrogen and oxygen atoms in total. The lowest BCUT2D eigenvalue weighted by atomic mass is 10.0. The zero-order chi connectivity index (χ0) is 69.3. The highest BCUT2D eigenvalue weighted by Crippen LogP contribution is 2.33. The van der Waals surface area contributed by atoms with Gasteiger partial charge in [0.1, 0.15) is 39.3 Å². The largest absolute Gasteiger partial charge is 0.460 e. The highest BCUT2D eigenvalue weighted by molar-refractivity contribution is 7.28. The van der Waals surface area contributed by atoms with Gasteiger partial charge in [-0.3, -0.25) is 4.98 Å². The molecular formula is C78H84N6O5S7. The molecular weight excluding hydrogens is 1330 g/mol. The lowest BCUT2D eigenvalue weighted by Crippen LogP contribution is -1.84. The van der Waals surface area contributed by atoms with Gasteiger partial charge in [-0.15, -0.1) is 79.4 Å². The van der Waals surface area contributed by atoms with Crippen molar-refractivity contribution in [3.05, 3.63) is 254 Å². The van der Waals surface area contributed by atoms with Crippen molar-refractivity contribution in [1.82, 2.24) is 29.9 Å². The summed E-state index contributed by atoms with van der Waals surface area (Å²) in [5.41, 5.74) is 13.2. The minimum atomic E-state index is 0.751. The highest BCUT2D eigenvalue weighted by atomic mass is 32.1. The lowest BCUT2D eigenvalue weighted by molar-refractivity contribution is 0.561. The predicted molar refractivity (Wildman–Crippen MR) is 415 cm³/mol. The van der Waals surface area contributed by atoms with Crippen LogP contribution in [0.25, 0.3) is 72.0 Å². The normalized spacial score (nSPS) is 10.5. The number of furan rings is 4. The number of aromatic nitrogens is 6. The Hall–Kier alpha value is -8.20. The Morgan fingerprint density at radius 1 is 0.292 bits per heavy atom. The summed E-state index contributed by atoms with van der Waals surface area (Å²) in [4.78, 5) is 33.7. The van der Waals surface area contributed by atoms with Crippen LogP contribution in [-0.2, 0) is 0 Å². The number of benzene rings is 3. The van der Waals surface area contributed by atoms with Crippen molar-refractivity contribution in [2.45, 2.75) is 138 Å². The molecule has 0 bridgehead atoms. The number of hydrogen-bond donors (Lipinski definition) is 0. The van der Waals surface area contributed by atoms with E-state index in [0.29, 0.717) is 0 Å². The van der Waals surface area contributed by atoms with Gasteiger partial charge in [-0.05, 0) is 213 Å². The number of aryl methyl sites for hydroxylation is 20. The molecule has 96 heavy (non-hydrogen) atoms. The van der Waals surface area contributed by atoms with Gasteiger partial charge in [0.25, 0.3) is 0 Å². The molecule has 0 saturated heterocycles. The first-order chi connectivity index (χ1) is 45.7. The molecule has 14 heterocycles. The Labute approximate surface area is 591 Å². The van der Waals surface area contributed by atoms with Gasteiger partial charge >= 0.3 is 0 Å². The van der Waals surface area contributed by atoms with Crippen LogP contribution in [0.3, 0.4) is 0 Å². The van der Waals surface area contributed by atoms with Gasteiger partial charge in [0.05, 0.1) is 24.1 Å². The SMILES string of the molecule is Cc1cc2oc(C)cc2o1.Cc1cc2sc(C)cc2o1.Cc1cc2sc(C)cc2s1.Cc1cc2sc(C)nc2o1.Cc1cc2sc(C)nc2s1.Cc1ccc(C)c2ccccc12.Cc1ccc(C)cc1.Cc1ccc(C)nc1.Cc1cnc(C)nc1.Cc1nc2sc(C)cc2o1. The van der Waals surface area contributed by atoms with Crippen LogP contribution in [-0.4, -0.2) is 29.9 Å². The van der Waals surface area contributed by atoms with Crippen molar-refractivity contribution >= 4 is 151 Å². The molecule has 0 spiro atoms. The number of thiophene rings is 5. The molecule has 0 saturated carbocycles. The minimum absolute atomic E-state index is 0.751. The molecule has 0 atom stereocenters. The molecule has 18 heteroatoms. The first-order valence-corrected chi connectivity index (χ1v) is 36.9. The van der Waals surface area contributed by atoms with E-state index in [1.165, 1.54) is 91.6 Å². The smallest absolute Gasteiger partial charge is 0.237 e. The van der Waals surface area contributed by atoms with Gasteiger partial charge in [-0.2, -0.15) is 0 Å². The van der Waals surface area contributed by atoms with Crippen molar-refractivity contribution in [1.29, 1.82) is 0 Å². The second kappa shape index (κ2) is 34.6. The predicted octanol–water partition coefficient (Wildman–Crippen LogP) is 25.9. The third-order valence-corrected chi connectivity index (χ3v) is 20.8. The van der Waals surface area contributed by atoms with Crippen LogP contribution in [0.1, 0.15) is 108 Å². The van der Waals surface area contributed by atoms with E-state index in [2.05, 4.69) is 189 Å². The van der Waals surface area contributed by atoms with Crippen LogP contribution in [0, 0.1) is 138 Å². The molecule has 0 fully saturated rings. The van der Waals surface area contributed by atoms with E-state index < -0.39 is 0 Å². The summed E-state index contributed by atoms with van der Waals surface area (Å²) in [7, 11) is 0. The summed E-state index contributed by atoms with van der Waals surface area (Å²) in [6.07, 6.45) is 5.49. The summed E-state index contributed by atoms with van der Waals surface area (Å²) >= 11 is 12.4. The maximum absolute atomic E-state index is 5.40. The zero-order valence-electron chi connectivity index (χ0n) is 58.4. The van der Waals surface area contributed by atoms with E-state index in [4.69, 9.17) is 22.1 Å². The Morgan fingerprint density at radius 2 is 0.729 bits per heavy atom. The Kier molecular flexibility index (Phi) is 26.6. The van der Waals surface area contributed by atoms with E-state index in [9.17, 15) is 0 Å². The molecule has 0 N–H and O–H groups in total. The number of rotatable bonds is 0. The maximum Gasteiger partial charge on any atom is 0.237 e. The van der Waals surface area contributed by atoms with E-state index in [0.717, 1.165) is 88.6 Å². The van der Waals surface area contributed by atoms with Gasteiger partial charge in [0, 0.05) is 77.1 Å². The van der Waals surface area contributed by atoms with Crippen LogP contribution >= 0.6 is 79.4 Å². The van der Waals surface area contributed by atoms with Crippen LogP contribution < -0.4 is 0 Å². The fourth-order valence-electron chi connectivity index (χ4n) is 9.33. The molecule has 0 aliphatic heterocycles. The standard InChI is InChI=1S/C12H12.C8H8O2.C8H8OS.C8H8S2.C8H10.2C7H7NOS.C7H7NS2.C7H9N.C6H8N2/c1-9-7-8-10(2)12-6-4-3-5-11(9)12;1-5-3-7-8(9-5)4-6(2)10-7;1-5-3-8-7(9-5)4-6(2)10-8;1-5-3-7-8(9-5)4-6(2)10-7;1-7-3-5-8(2)6-4-7;1-4-3-6-7(10-4)8-5(2)9-6;2*1-4-3-6-7(9-4)8-5(2)10-6;1-6-3-4-7(2)8-5-6;1-5-3-7-6(2)8-4-5/h3-8H,1-2H3;3*3-4H,1-2H3;3-6H,1-2H3;3*3H,1-2H3;3-5H,1-2H3;3-4H,1-2H3. The highest BCUT2D eigenvalue weighted by Gasteiger charge is 2.08. The quantitative estimate of drug-likeness (QED) is 0.143. The van der Waals surface area contributed by atoms with Crippen molar-refractivity contribution in [2.24, 2.45) is 0 Å². The Morgan fingerprint density at radius 3 is 1.24 bits per heavy atom. The third kappa shape index (κ3) is 22.4. The second-order valence-electron chi connectivity index (χ2n) is 23.3. The number of pyridine rings is 1. The summed E-state index contributed by atoms with van der Waals surface area (Å²) in [6, 6.07) is 44.1. The Balaban J connectivity index is 0.000000137. The molecule has 3 aromatic carbocycles. The lowest BCUT2D eigenvalue weighted by Gasteiger charge is -2.03. The third-order valence-electron chi connectivity index (χ3n) is 13.9. The molecule has 498 valence electrons. The first kappa shape index (κ1) is 73.6. The number of oxazole rings is 1. The number of hydrogen-bond acceptors (Lipinski definition) is 18. The van der Waals surface area contributed by atoms with Crippen LogP contribution in [0.4, 0.5) is 0 Å². The van der Waals surface area contributed by atoms with Crippen LogP contribution in [0.2, 0.25) is 0 Å². The maximum atomic E-state index is 5.40. The van der Waals surface area contributed by atoms with Crippen molar-refractivity contribution < 1.29 is 22.1 Å². The summed E-state index contributed by atoms with van der Waals surface area (Å²) in [6.45, 7) is 40.6. The molecule has 17 rings (SSSR count). The summed E-state index contributed by atoms with van der Waals surface area (Å²) in [5.74, 6) is 5.31. The number of thiazole rings is 2. The van der Waals surface area contributed by atoms with Crippen LogP contribution in [0.15, 0.2) is 168 Å². The molecule has 0 aliphatic carbocycles. The van der Waals surface area contributed by atoms with E-state index in [1.807, 2.05) is 148 Å². The molecule has 0 aliphatic rings. The van der Waals surface area contributed by atoms with E-state index in [-0.39, 0.29) is 0 Å². The summed E-state index contributed by atoms with van der Waals surface area (Å²) in [5, 5.41) is 4.98. The van der Waals surface area contributed by atoms with Crippen molar-refractivity contribution in [3.8, 4) is 0 Å². The monoisotopic (exact) mass is 1410 g/mol. The summed E-state index contributed by atoms with van der Waals surface area (Å²) < 4.78 is 33.2. The molecule has 17 aromatic rings. The fraction of sp³-hybridized carbons (Fsp3) is 0.256. The van der Waals surface area contributed by atoms with Crippen molar-refractivity contribution in [3.63, 3.8) is 0 Å².